The van der Waals surface area contributed by atoms with Crippen LogP contribution in [-0.2, 0) is 9.53 Å². The minimum absolute atomic E-state index is 0.00456. The second kappa shape index (κ2) is 5.73. The van der Waals surface area contributed by atoms with Crippen molar-refractivity contribution in [3.8, 4) is 0 Å². The van der Waals surface area contributed by atoms with E-state index in [0.717, 1.165) is 25.2 Å². The topological polar surface area (TPSA) is 58.6 Å². The molecule has 0 spiro atoms. The Morgan fingerprint density at radius 3 is 3.12 bits per heavy atom. The van der Waals surface area contributed by atoms with Crippen LogP contribution in [0.25, 0.3) is 0 Å². The Morgan fingerprint density at radius 1 is 1.71 bits per heavy atom. The van der Waals surface area contributed by atoms with Crippen LogP contribution in [0.5, 0.6) is 0 Å². The summed E-state index contributed by atoms with van der Waals surface area (Å²) in [7, 11) is 0. The molecule has 0 saturated carbocycles. The molecule has 2 amide bonds. The molecule has 2 heterocycles. The first-order chi connectivity index (χ1) is 8.16. The lowest BCUT2D eigenvalue weighted by Crippen LogP contribution is -2.45. The molecule has 1 N–H and O–H groups in total. The summed E-state index contributed by atoms with van der Waals surface area (Å²) in [6.07, 6.45) is 2.19. The van der Waals surface area contributed by atoms with E-state index in [0.29, 0.717) is 6.54 Å². The van der Waals surface area contributed by atoms with Gasteiger partial charge in [-0.15, -0.1) is 0 Å². The number of carbonyl (C=O) groups excluding carboxylic acids is 2. The number of rotatable bonds is 4. The van der Waals surface area contributed by atoms with Gasteiger partial charge in [0, 0.05) is 18.9 Å². The van der Waals surface area contributed by atoms with E-state index in [1.807, 2.05) is 6.92 Å². The van der Waals surface area contributed by atoms with Crippen molar-refractivity contribution in [3.63, 3.8) is 0 Å². The number of nitrogens with one attached hydrogen (secondary N) is 1. The van der Waals surface area contributed by atoms with Crippen LogP contribution >= 0.6 is 11.8 Å². The molecule has 0 aromatic rings. The highest BCUT2D eigenvalue weighted by Crippen LogP contribution is 2.17. The molecule has 2 atom stereocenters. The van der Waals surface area contributed by atoms with E-state index in [4.69, 9.17) is 4.74 Å². The van der Waals surface area contributed by atoms with Gasteiger partial charge in [-0.2, -0.15) is 0 Å². The minimum Gasteiger partial charge on any atom is -0.376 e. The predicted octanol–water partition coefficient (Wildman–Crippen LogP) is 0.839. The summed E-state index contributed by atoms with van der Waals surface area (Å²) < 4.78 is 5.51. The van der Waals surface area contributed by atoms with Gasteiger partial charge in [0.1, 0.15) is 6.54 Å². The molecule has 2 rings (SSSR count). The molecular weight excluding hydrogens is 240 g/mol. The summed E-state index contributed by atoms with van der Waals surface area (Å²) in [6, 6.07) is 0.0235. The number of carbonyl (C=O) groups is 2. The third kappa shape index (κ3) is 3.35. The van der Waals surface area contributed by atoms with Crippen LogP contribution in [0.15, 0.2) is 0 Å². The van der Waals surface area contributed by atoms with Crippen molar-refractivity contribution in [2.75, 3.05) is 25.4 Å². The Balaban J connectivity index is 1.74. The zero-order chi connectivity index (χ0) is 12.3. The van der Waals surface area contributed by atoms with Crippen LogP contribution in [0.3, 0.4) is 0 Å². The average molecular weight is 258 g/mol. The van der Waals surface area contributed by atoms with Crippen molar-refractivity contribution >= 4 is 22.9 Å². The predicted molar refractivity (Wildman–Crippen MR) is 66.0 cm³/mol. The number of thioether (sulfide) groups is 1. The van der Waals surface area contributed by atoms with Gasteiger partial charge in [-0.25, -0.2) is 0 Å². The van der Waals surface area contributed by atoms with Gasteiger partial charge in [0.15, 0.2) is 0 Å². The summed E-state index contributed by atoms with van der Waals surface area (Å²) in [5.74, 6) is 0.691. The van der Waals surface area contributed by atoms with Gasteiger partial charge >= 0.3 is 0 Å². The molecule has 0 bridgehead atoms. The molecule has 0 aromatic heterocycles. The van der Waals surface area contributed by atoms with Crippen LogP contribution in [0.1, 0.15) is 19.8 Å². The molecule has 0 unspecified atom stereocenters. The van der Waals surface area contributed by atoms with Crippen LogP contribution in [0.4, 0.5) is 4.79 Å². The zero-order valence-electron chi connectivity index (χ0n) is 9.98. The summed E-state index contributed by atoms with van der Waals surface area (Å²) >= 11 is 1.27. The van der Waals surface area contributed by atoms with Crippen molar-refractivity contribution in [1.82, 2.24) is 10.2 Å². The maximum atomic E-state index is 11.7. The monoisotopic (exact) mass is 258 g/mol. The number of ether oxygens (including phenoxy) is 1. The molecule has 2 aliphatic heterocycles. The second-order valence-corrected chi connectivity index (χ2v) is 5.49. The lowest BCUT2D eigenvalue weighted by molar-refractivity contribution is -0.123. The molecule has 5 nitrogen and oxygen atoms in total. The first kappa shape index (κ1) is 12.7. The van der Waals surface area contributed by atoms with Crippen molar-refractivity contribution in [3.05, 3.63) is 0 Å². The molecule has 0 radical (unpaired) electrons. The highest BCUT2D eigenvalue weighted by Gasteiger charge is 2.26. The van der Waals surface area contributed by atoms with E-state index >= 15 is 0 Å². The van der Waals surface area contributed by atoms with E-state index in [2.05, 4.69) is 5.32 Å². The smallest absolute Gasteiger partial charge is 0.282 e. The fourth-order valence-corrected chi connectivity index (χ4v) is 2.96. The summed E-state index contributed by atoms with van der Waals surface area (Å²) in [5, 5.41) is 2.91. The number of hydrogen-bond acceptors (Lipinski definition) is 4. The van der Waals surface area contributed by atoms with E-state index in [9.17, 15) is 9.59 Å². The lowest BCUT2D eigenvalue weighted by atomic mass is 10.1. The SMILES string of the molecule is C[C@@H](NC(=O)CN1CCSC1=O)[C@@H]1CCCO1. The van der Waals surface area contributed by atoms with Crippen molar-refractivity contribution < 1.29 is 14.3 Å². The fraction of sp³-hybridized carbons (Fsp3) is 0.818. The van der Waals surface area contributed by atoms with Gasteiger partial charge in [0.25, 0.3) is 5.24 Å². The van der Waals surface area contributed by atoms with Crippen LogP contribution < -0.4 is 5.32 Å². The van der Waals surface area contributed by atoms with E-state index in [1.165, 1.54) is 11.8 Å². The molecule has 2 saturated heterocycles. The lowest BCUT2D eigenvalue weighted by Gasteiger charge is -2.21. The first-order valence-corrected chi connectivity index (χ1v) is 6.98. The van der Waals surface area contributed by atoms with Gasteiger partial charge < -0.3 is 15.0 Å². The Morgan fingerprint density at radius 2 is 2.53 bits per heavy atom. The molecule has 2 fully saturated rings. The van der Waals surface area contributed by atoms with Gasteiger partial charge in [0.05, 0.1) is 12.1 Å². The Labute approximate surface area is 105 Å². The highest BCUT2D eigenvalue weighted by molar-refractivity contribution is 8.13. The van der Waals surface area contributed by atoms with Crippen LogP contribution in [-0.4, -0.2) is 53.6 Å². The molecular formula is C11H18N2O3S. The zero-order valence-corrected chi connectivity index (χ0v) is 10.8. The normalized spacial score (nSPS) is 26.3. The highest BCUT2D eigenvalue weighted by atomic mass is 32.2. The molecule has 96 valence electrons. The average Bonchev–Trinajstić information content (AvgIpc) is 2.90. The van der Waals surface area contributed by atoms with E-state index in [-0.39, 0.29) is 29.8 Å². The van der Waals surface area contributed by atoms with Crippen molar-refractivity contribution in [2.45, 2.75) is 31.9 Å². The molecule has 0 aliphatic carbocycles. The maximum Gasteiger partial charge on any atom is 0.282 e. The van der Waals surface area contributed by atoms with Crippen molar-refractivity contribution in [1.29, 1.82) is 0 Å². The largest absolute Gasteiger partial charge is 0.376 e. The molecule has 2 aliphatic rings. The standard InChI is InChI=1S/C11H18N2O3S/c1-8(9-3-2-5-16-9)12-10(14)7-13-4-6-17-11(13)15/h8-9H,2-7H2,1H3,(H,12,14)/t8-,9+/m1/s1. The fourth-order valence-electron chi connectivity index (χ4n) is 2.13. The minimum atomic E-state index is -0.0937. The second-order valence-electron chi connectivity index (χ2n) is 4.44. The molecule has 6 heteroatoms. The van der Waals surface area contributed by atoms with Gasteiger partial charge in [-0.05, 0) is 19.8 Å². The van der Waals surface area contributed by atoms with Crippen LogP contribution in [0.2, 0.25) is 0 Å². The number of amides is 2. The molecule has 17 heavy (non-hydrogen) atoms. The third-order valence-corrected chi connectivity index (χ3v) is 3.98. The quantitative estimate of drug-likeness (QED) is 0.812. The summed E-state index contributed by atoms with van der Waals surface area (Å²) in [5.41, 5.74) is 0. The van der Waals surface area contributed by atoms with Gasteiger partial charge in [-0.3, -0.25) is 9.59 Å². The van der Waals surface area contributed by atoms with Gasteiger partial charge in [0.2, 0.25) is 5.91 Å². The van der Waals surface area contributed by atoms with Gasteiger partial charge in [-0.1, -0.05) is 11.8 Å². The van der Waals surface area contributed by atoms with E-state index < -0.39 is 0 Å². The third-order valence-electron chi connectivity index (χ3n) is 3.09. The first-order valence-electron chi connectivity index (χ1n) is 5.99. The van der Waals surface area contributed by atoms with Crippen molar-refractivity contribution in [2.24, 2.45) is 0 Å². The number of hydrogen-bond donors (Lipinski definition) is 1. The van der Waals surface area contributed by atoms with E-state index in [1.54, 1.807) is 4.90 Å². The van der Waals surface area contributed by atoms with Crippen LogP contribution in [0, 0.1) is 0 Å². The molecule has 0 aromatic carbocycles. The number of nitrogens with zero attached hydrogens (tertiary/aromatic N) is 1. The summed E-state index contributed by atoms with van der Waals surface area (Å²) in [6.45, 7) is 3.58. The Hall–Kier alpha value is -0.750. The Bertz CT molecular complexity index is 305. The summed E-state index contributed by atoms with van der Waals surface area (Å²) in [4.78, 5) is 24.7. The maximum absolute atomic E-state index is 11.7. The Kier molecular flexibility index (Phi) is 4.28.